The molecule has 0 radical (unpaired) electrons. The molecular formula is C15H17ClF3N3S. The van der Waals surface area contributed by atoms with E-state index in [0.717, 1.165) is 5.56 Å². The fraction of sp³-hybridized carbons (Fsp3) is 0.400. The highest BCUT2D eigenvalue weighted by atomic mass is 35.5. The maximum absolute atomic E-state index is 13.2. The van der Waals surface area contributed by atoms with Gasteiger partial charge in [-0.3, -0.25) is 4.68 Å². The summed E-state index contributed by atoms with van der Waals surface area (Å²) in [5, 5.41) is 4.71. The summed E-state index contributed by atoms with van der Waals surface area (Å²) in [4.78, 5) is 0. The lowest BCUT2D eigenvalue weighted by atomic mass is 10.1. The van der Waals surface area contributed by atoms with Gasteiger partial charge in [0.25, 0.3) is 0 Å². The Kier molecular flexibility index (Phi) is 5.65. The molecule has 1 unspecified atom stereocenters. The zero-order valence-electron chi connectivity index (χ0n) is 12.7. The second-order valence-electron chi connectivity index (χ2n) is 5.32. The number of hydrogen-bond donors (Lipinski definition) is 1. The summed E-state index contributed by atoms with van der Waals surface area (Å²) in [7, 11) is 1.51. The third kappa shape index (κ3) is 4.43. The molecule has 0 saturated carbocycles. The number of thioether (sulfide) groups is 1. The van der Waals surface area contributed by atoms with Crippen LogP contribution in [0.2, 0.25) is 5.02 Å². The first-order chi connectivity index (χ1) is 10.7. The molecule has 0 aliphatic heterocycles. The van der Waals surface area contributed by atoms with Crippen LogP contribution in [0, 0.1) is 0 Å². The Morgan fingerprint density at radius 3 is 2.57 bits per heavy atom. The van der Waals surface area contributed by atoms with E-state index in [2.05, 4.69) is 5.10 Å². The zero-order valence-corrected chi connectivity index (χ0v) is 14.3. The summed E-state index contributed by atoms with van der Waals surface area (Å²) < 4.78 is 40.8. The minimum Gasteiger partial charge on any atom is -0.328 e. The number of halogens is 4. The van der Waals surface area contributed by atoms with Crippen LogP contribution < -0.4 is 5.73 Å². The van der Waals surface area contributed by atoms with Crippen LogP contribution in [-0.4, -0.2) is 15.8 Å². The normalized spacial score (nSPS) is 13.3. The van der Waals surface area contributed by atoms with Gasteiger partial charge in [-0.2, -0.15) is 18.3 Å². The molecule has 0 aliphatic carbocycles. The number of benzene rings is 1. The summed E-state index contributed by atoms with van der Waals surface area (Å²) in [5.41, 5.74) is 5.86. The molecular weight excluding hydrogens is 347 g/mol. The van der Waals surface area contributed by atoms with E-state index in [1.165, 1.54) is 23.5 Å². The maximum Gasteiger partial charge on any atom is 0.435 e. The summed E-state index contributed by atoms with van der Waals surface area (Å²) in [5.74, 6) is 0.461. The van der Waals surface area contributed by atoms with Crippen LogP contribution in [-0.2, 0) is 25.4 Å². The van der Waals surface area contributed by atoms with Crippen LogP contribution in [0.1, 0.15) is 23.7 Å². The Labute approximate surface area is 142 Å². The lowest BCUT2D eigenvalue weighted by Gasteiger charge is -2.11. The van der Waals surface area contributed by atoms with Crippen molar-refractivity contribution >= 4 is 23.4 Å². The summed E-state index contributed by atoms with van der Waals surface area (Å²) in [6.45, 7) is 1.68. The van der Waals surface area contributed by atoms with Crippen LogP contribution in [0.4, 0.5) is 13.2 Å². The van der Waals surface area contributed by atoms with Crippen molar-refractivity contribution in [2.24, 2.45) is 12.8 Å². The summed E-state index contributed by atoms with van der Waals surface area (Å²) in [6.07, 6.45) is -4.38. The molecule has 0 aliphatic rings. The molecule has 0 bridgehead atoms. The Balaban J connectivity index is 2.34. The van der Waals surface area contributed by atoms with Crippen LogP contribution in [0.25, 0.3) is 0 Å². The Morgan fingerprint density at radius 2 is 2.00 bits per heavy atom. The van der Waals surface area contributed by atoms with Crippen LogP contribution in [0.5, 0.6) is 0 Å². The van der Waals surface area contributed by atoms with Gasteiger partial charge in [0.2, 0.25) is 0 Å². The molecule has 23 heavy (non-hydrogen) atoms. The Morgan fingerprint density at radius 1 is 1.35 bits per heavy atom. The van der Waals surface area contributed by atoms with E-state index in [1.54, 1.807) is 13.0 Å². The molecule has 0 amide bonds. The molecule has 1 aromatic heterocycles. The SMILES string of the molecule is CC(N)Cc1c(C(F)(F)F)nn(C)c1SCc1ccccc1Cl. The fourth-order valence-electron chi connectivity index (χ4n) is 2.23. The van der Waals surface area contributed by atoms with Crippen molar-refractivity contribution in [3.63, 3.8) is 0 Å². The first-order valence-electron chi connectivity index (χ1n) is 6.95. The van der Waals surface area contributed by atoms with E-state index in [0.29, 0.717) is 15.8 Å². The number of aromatic nitrogens is 2. The Bertz CT molecular complexity index is 683. The molecule has 1 atom stereocenters. The molecule has 1 aromatic carbocycles. The first-order valence-corrected chi connectivity index (χ1v) is 8.31. The number of rotatable bonds is 5. The standard InChI is InChI=1S/C15H17ClF3N3S/c1-9(20)7-11-13(15(17,18)19)21-22(2)14(11)23-8-10-5-3-4-6-12(10)16/h3-6,9H,7-8,20H2,1-2H3. The largest absolute Gasteiger partial charge is 0.435 e. The van der Waals surface area contributed by atoms with Crippen LogP contribution in [0.15, 0.2) is 29.3 Å². The highest BCUT2D eigenvalue weighted by Gasteiger charge is 2.38. The molecule has 2 rings (SSSR count). The average molecular weight is 364 g/mol. The lowest BCUT2D eigenvalue weighted by Crippen LogP contribution is -2.20. The van der Waals surface area contributed by atoms with Gasteiger partial charge < -0.3 is 5.73 Å². The van der Waals surface area contributed by atoms with E-state index in [4.69, 9.17) is 17.3 Å². The predicted molar refractivity (Wildman–Crippen MR) is 86.6 cm³/mol. The number of alkyl halides is 3. The van der Waals surface area contributed by atoms with E-state index in [9.17, 15) is 13.2 Å². The molecule has 2 N–H and O–H groups in total. The topological polar surface area (TPSA) is 43.8 Å². The predicted octanol–water partition coefficient (Wildman–Crippen LogP) is 4.27. The number of aryl methyl sites for hydroxylation is 1. The van der Waals surface area contributed by atoms with Crippen LogP contribution >= 0.6 is 23.4 Å². The zero-order chi connectivity index (χ0) is 17.2. The van der Waals surface area contributed by atoms with Crippen molar-refractivity contribution in [1.29, 1.82) is 0 Å². The second kappa shape index (κ2) is 7.15. The van der Waals surface area contributed by atoms with E-state index in [-0.39, 0.29) is 18.0 Å². The minimum atomic E-state index is -4.49. The molecule has 126 valence electrons. The highest BCUT2D eigenvalue weighted by molar-refractivity contribution is 7.98. The smallest absolute Gasteiger partial charge is 0.328 e. The van der Waals surface area contributed by atoms with Gasteiger partial charge in [-0.1, -0.05) is 29.8 Å². The molecule has 0 spiro atoms. The van der Waals surface area contributed by atoms with Gasteiger partial charge in [0.1, 0.15) is 0 Å². The van der Waals surface area contributed by atoms with Crippen molar-refractivity contribution in [1.82, 2.24) is 9.78 Å². The molecule has 0 fully saturated rings. The molecule has 8 heteroatoms. The van der Waals surface area contributed by atoms with Crippen molar-refractivity contribution in [3.8, 4) is 0 Å². The number of hydrogen-bond acceptors (Lipinski definition) is 3. The first kappa shape index (κ1) is 18.2. The van der Waals surface area contributed by atoms with E-state index in [1.807, 2.05) is 18.2 Å². The van der Waals surface area contributed by atoms with Gasteiger partial charge in [0.05, 0.1) is 5.03 Å². The monoisotopic (exact) mass is 363 g/mol. The molecule has 3 nitrogen and oxygen atoms in total. The van der Waals surface area contributed by atoms with Gasteiger partial charge in [0, 0.05) is 29.4 Å². The van der Waals surface area contributed by atoms with Crippen molar-refractivity contribution < 1.29 is 13.2 Å². The quantitative estimate of drug-likeness (QED) is 0.806. The third-order valence-corrected chi connectivity index (χ3v) is 4.81. The van der Waals surface area contributed by atoms with E-state index >= 15 is 0 Å². The lowest BCUT2D eigenvalue weighted by molar-refractivity contribution is -0.142. The van der Waals surface area contributed by atoms with Crippen molar-refractivity contribution in [2.75, 3.05) is 0 Å². The van der Waals surface area contributed by atoms with Crippen LogP contribution in [0.3, 0.4) is 0 Å². The average Bonchev–Trinajstić information content (AvgIpc) is 2.74. The second-order valence-corrected chi connectivity index (χ2v) is 6.69. The Hall–Kier alpha value is -1.18. The fourth-order valence-corrected chi connectivity index (χ4v) is 3.64. The van der Waals surface area contributed by atoms with Gasteiger partial charge in [-0.15, -0.1) is 11.8 Å². The molecule has 0 saturated heterocycles. The third-order valence-electron chi connectivity index (χ3n) is 3.20. The minimum absolute atomic E-state index is 0.119. The molecule has 1 heterocycles. The van der Waals surface area contributed by atoms with E-state index < -0.39 is 11.9 Å². The van der Waals surface area contributed by atoms with Gasteiger partial charge in [-0.25, -0.2) is 0 Å². The molecule has 2 aromatic rings. The van der Waals surface area contributed by atoms with Gasteiger partial charge in [0.15, 0.2) is 5.69 Å². The number of nitrogens with zero attached hydrogens (tertiary/aromatic N) is 2. The van der Waals surface area contributed by atoms with Crippen molar-refractivity contribution in [2.45, 2.75) is 36.3 Å². The highest BCUT2D eigenvalue weighted by Crippen LogP contribution is 2.37. The van der Waals surface area contributed by atoms with Crippen molar-refractivity contribution in [3.05, 3.63) is 46.1 Å². The summed E-state index contributed by atoms with van der Waals surface area (Å²) >= 11 is 7.38. The van der Waals surface area contributed by atoms with Gasteiger partial charge in [-0.05, 0) is 25.0 Å². The maximum atomic E-state index is 13.2. The van der Waals surface area contributed by atoms with Gasteiger partial charge >= 0.3 is 6.18 Å². The number of nitrogens with two attached hydrogens (primary N) is 1. The summed E-state index contributed by atoms with van der Waals surface area (Å²) in [6, 6.07) is 6.87.